The van der Waals surface area contributed by atoms with E-state index in [0.29, 0.717) is 18.1 Å². The van der Waals surface area contributed by atoms with E-state index in [-0.39, 0.29) is 0 Å². The molecule has 0 fully saturated rings. The van der Waals surface area contributed by atoms with Crippen molar-refractivity contribution in [1.82, 2.24) is 0 Å². The van der Waals surface area contributed by atoms with Crippen molar-refractivity contribution in [2.75, 3.05) is 0 Å². The van der Waals surface area contributed by atoms with Gasteiger partial charge in [0.1, 0.15) is 12.4 Å². The zero-order valence-electron chi connectivity index (χ0n) is 12.2. The molecule has 2 rings (SSSR count). The summed E-state index contributed by atoms with van der Waals surface area (Å²) in [6.45, 7) is 6.87. The normalized spacial score (nSPS) is 10.3. The third-order valence-corrected chi connectivity index (χ3v) is 3.36. The van der Waals surface area contributed by atoms with Gasteiger partial charge in [0.25, 0.3) is 0 Å². The Morgan fingerprint density at radius 1 is 1.10 bits per heavy atom. The Hall–Kier alpha value is -2.27. The van der Waals surface area contributed by atoms with E-state index in [1.807, 2.05) is 13.0 Å². The van der Waals surface area contributed by atoms with Crippen LogP contribution in [0.25, 0.3) is 0 Å². The predicted molar refractivity (Wildman–Crippen MR) is 80.8 cm³/mol. The molecule has 2 heteroatoms. The number of nitrogens with zero attached hydrogens (tertiary/aromatic N) is 1. The van der Waals surface area contributed by atoms with Crippen molar-refractivity contribution in [3.63, 3.8) is 0 Å². The first-order valence-electron chi connectivity index (χ1n) is 6.82. The molecular weight excluding hydrogens is 246 g/mol. The molecule has 0 aliphatic heterocycles. The molecule has 0 aromatic heterocycles. The van der Waals surface area contributed by atoms with Crippen LogP contribution in [0, 0.1) is 18.3 Å². The van der Waals surface area contributed by atoms with Gasteiger partial charge >= 0.3 is 0 Å². The molecule has 2 aromatic rings. The van der Waals surface area contributed by atoms with Crippen molar-refractivity contribution < 1.29 is 4.74 Å². The summed E-state index contributed by atoms with van der Waals surface area (Å²) in [5.41, 5.74) is 4.14. The van der Waals surface area contributed by atoms with E-state index in [1.165, 1.54) is 5.56 Å². The molecule has 0 bridgehead atoms. The molecule has 2 nitrogen and oxygen atoms in total. The molecule has 20 heavy (non-hydrogen) atoms. The standard InChI is InChI=1S/C18H19NO/c1-13(2)17-8-6-15(7-9-17)12-20-18-10-16(11-19)5-4-14(18)3/h4-10,13H,12H2,1-3H3. The second kappa shape index (κ2) is 6.25. The number of benzene rings is 2. The molecule has 0 aliphatic carbocycles. The summed E-state index contributed by atoms with van der Waals surface area (Å²) in [6.07, 6.45) is 0. The number of hydrogen-bond donors (Lipinski definition) is 0. The lowest BCUT2D eigenvalue weighted by Gasteiger charge is -2.11. The van der Waals surface area contributed by atoms with Crippen LogP contribution in [-0.2, 0) is 6.61 Å². The van der Waals surface area contributed by atoms with Crippen LogP contribution in [0.5, 0.6) is 5.75 Å². The Labute approximate surface area is 120 Å². The molecule has 2 aromatic carbocycles. The average molecular weight is 265 g/mol. The van der Waals surface area contributed by atoms with E-state index in [2.05, 4.69) is 44.2 Å². The zero-order chi connectivity index (χ0) is 14.5. The Morgan fingerprint density at radius 2 is 1.80 bits per heavy atom. The van der Waals surface area contributed by atoms with Crippen molar-refractivity contribution in [3.8, 4) is 11.8 Å². The first-order chi connectivity index (χ1) is 9.60. The molecule has 0 aliphatic rings. The fourth-order valence-electron chi connectivity index (χ4n) is 1.98. The SMILES string of the molecule is Cc1ccc(C#N)cc1OCc1ccc(C(C)C)cc1. The van der Waals surface area contributed by atoms with E-state index < -0.39 is 0 Å². The lowest BCUT2D eigenvalue weighted by Crippen LogP contribution is -1.98. The highest BCUT2D eigenvalue weighted by Gasteiger charge is 2.03. The van der Waals surface area contributed by atoms with Gasteiger partial charge in [-0.3, -0.25) is 0 Å². The molecule has 0 unspecified atom stereocenters. The van der Waals surface area contributed by atoms with Gasteiger partial charge in [-0.05, 0) is 41.7 Å². The van der Waals surface area contributed by atoms with Crippen LogP contribution in [0.3, 0.4) is 0 Å². The molecule has 0 N–H and O–H groups in total. The molecule has 0 heterocycles. The van der Waals surface area contributed by atoms with Gasteiger partial charge in [0, 0.05) is 0 Å². The maximum absolute atomic E-state index is 8.92. The summed E-state index contributed by atoms with van der Waals surface area (Å²) >= 11 is 0. The molecule has 102 valence electrons. The number of nitriles is 1. The van der Waals surface area contributed by atoms with E-state index in [0.717, 1.165) is 16.9 Å². The summed E-state index contributed by atoms with van der Waals surface area (Å²) in [5.74, 6) is 1.32. The van der Waals surface area contributed by atoms with Gasteiger partial charge in [0.2, 0.25) is 0 Å². The largest absolute Gasteiger partial charge is 0.489 e. The number of rotatable bonds is 4. The van der Waals surface area contributed by atoms with Gasteiger partial charge in [-0.1, -0.05) is 44.2 Å². The summed E-state index contributed by atoms with van der Waals surface area (Å²) in [7, 11) is 0. The van der Waals surface area contributed by atoms with Crippen LogP contribution < -0.4 is 4.74 Å². The van der Waals surface area contributed by atoms with Crippen molar-refractivity contribution in [1.29, 1.82) is 5.26 Å². The maximum Gasteiger partial charge on any atom is 0.124 e. The molecular formula is C18H19NO. The average Bonchev–Trinajstić information content (AvgIpc) is 2.47. The highest BCUT2D eigenvalue weighted by molar-refractivity contribution is 5.41. The van der Waals surface area contributed by atoms with Gasteiger partial charge < -0.3 is 4.74 Å². The Morgan fingerprint density at radius 3 is 2.40 bits per heavy atom. The van der Waals surface area contributed by atoms with E-state index >= 15 is 0 Å². The fourth-order valence-corrected chi connectivity index (χ4v) is 1.98. The molecule has 0 amide bonds. The van der Waals surface area contributed by atoms with E-state index in [9.17, 15) is 0 Å². The lowest BCUT2D eigenvalue weighted by atomic mass is 10.0. The zero-order valence-corrected chi connectivity index (χ0v) is 12.2. The van der Waals surface area contributed by atoms with Crippen LogP contribution in [0.15, 0.2) is 42.5 Å². The molecule has 0 radical (unpaired) electrons. The maximum atomic E-state index is 8.92. The third-order valence-electron chi connectivity index (χ3n) is 3.36. The molecule has 0 saturated heterocycles. The number of ether oxygens (including phenoxy) is 1. The summed E-state index contributed by atoms with van der Waals surface area (Å²) in [4.78, 5) is 0. The summed E-state index contributed by atoms with van der Waals surface area (Å²) in [5, 5.41) is 8.92. The first kappa shape index (κ1) is 14.1. The predicted octanol–water partition coefficient (Wildman–Crippen LogP) is 4.57. The number of hydrogen-bond acceptors (Lipinski definition) is 2. The summed E-state index contributed by atoms with van der Waals surface area (Å²) in [6, 6.07) is 16.1. The summed E-state index contributed by atoms with van der Waals surface area (Å²) < 4.78 is 5.81. The van der Waals surface area contributed by atoms with Crippen molar-refractivity contribution in [2.45, 2.75) is 33.3 Å². The molecule has 0 atom stereocenters. The van der Waals surface area contributed by atoms with Gasteiger partial charge in [0.15, 0.2) is 0 Å². The molecule has 0 saturated carbocycles. The third kappa shape index (κ3) is 3.39. The smallest absolute Gasteiger partial charge is 0.124 e. The minimum atomic E-state index is 0.522. The second-order valence-corrected chi connectivity index (χ2v) is 5.28. The second-order valence-electron chi connectivity index (χ2n) is 5.28. The van der Waals surface area contributed by atoms with Crippen molar-refractivity contribution >= 4 is 0 Å². The Kier molecular flexibility index (Phi) is 4.42. The topological polar surface area (TPSA) is 33.0 Å². The van der Waals surface area contributed by atoms with Crippen LogP contribution in [0.2, 0.25) is 0 Å². The first-order valence-corrected chi connectivity index (χ1v) is 6.82. The fraction of sp³-hybridized carbons (Fsp3) is 0.278. The highest BCUT2D eigenvalue weighted by atomic mass is 16.5. The van der Waals surface area contributed by atoms with Crippen LogP contribution >= 0.6 is 0 Å². The highest BCUT2D eigenvalue weighted by Crippen LogP contribution is 2.21. The van der Waals surface area contributed by atoms with Crippen LogP contribution in [-0.4, -0.2) is 0 Å². The monoisotopic (exact) mass is 265 g/mol. The van der Waals surface area contributed by atoms with Gasteiger partial charge in [-0.15, -0.1) is 0 Å². The van der Waals surface area contributed by atoms with Crippen LogP contribution in [0.4, 0.5) is 0 Å². The van der Waals surface area contributed by atoms with Crippen LogP contribution in [0.1, 0.15) is 42.0 Å². The minimum absolute atomic E-state index is 0.522. The van der Waals surface area contributed by atoms with Crippen molar-refractivity contribution in [2.24, 2.45) is 0 Å². The van der Waals surface area contributed by atoms with Gasteiger partial charge in [0.05, 0.1) is 11.6 Å². The van der Waals surface area contributed by atoms with Crippen molar-refractivity contribution in [3.05, 3.63) is 64.7 Å². The lowest BCUT2D eigenvalue weighted by molar-refractivity contribution is 0.304. The molecule has 0 spiro atoms. The minimum Gasteiger partial charge on any atom is -0.489 e. The quantitative estimate of drug-likeness (QED) is 0.811. The van der Waals surface area contributed by atoms with E-state index in [1.54, 1.807) is 12.1 Å². The van der Waals surface area contributed by atoms with Gasteiger partial charge in [-0.2, -0.15) is 5.26 Å². The Balaban J connectivity index is 2.07. The van der Waals surface area contributed by atoms with E-state index in [4.69, 9.17) is 10.00 Å². The number of aryl methyl sites for hydroxylation is 1. The van der Waals surface area contributed by atoms with Gasteiger partial charge in [-0.25, -0.2) is 0 Å². The Bertz CT molecular complexity index is 621.